The predicted octanol–water partition coefficient (Wildman–Crippen LogP) is 4.07. The predicted molar refractivity (Wildman–Crippen MR) is 121 cm³/mol. The molecule has 2 N–H and O–H groups in total. The van der Waals surface area contributed by atoms with Crippen LogP contribution in [0.4, 0.5) is 0 Å². The topological polar surface area (TPSA) is 78.3 Å². The second-order valence-corrected chi connectivity index (χ2v) is 8.57. The highest BCUT2D eigenvalue weighted by atomic mass is 16.3. The van der Waals surface area contributed by atoms with Gasteiger partial charge in [-0.15, -0.1) is 0 Å². The maximum atomic E-state index is 12.8. The highest BCUT2D eigenvalue weighted by molar-refractivity contribution is 5.84. The van der Waals surface area contributed by atoms with Gasteiger partial charge in [0.2, 0.25) is 11.8 Å². The van der Waals surface area contributed by atoms with E-state index in [2.05, 4.69) is 16.4 Å². The molecular weight excluding hydrogens is 390 g/mol. The highest BCUT2D eigenvalue weighted by Gasteiger charge is 2.28. The number of likely N-dealkylation sites (tertiary alicyclic amines) is 1. The van der Waals surface area contributed by atoms with E-state index >= 15 is 0 Å². The first kappa shape index (κ1) is 21.2. The van der Waals surface area contributed by atoms with Crippen molar-refractivity contribution in [3.05, 3.63) is 60.2 Å². The van der Waals surface area contributed by atoms with Gasteiger partial charge in [0.25, 0.3) is 0 Å². The molecule has 2 aromatic heterocycles. The van der Waals surface area contributed by atoms with Crippen LogP contribution >= 0.6 is 0 Å². The van der Waals surface area contributed by atoms with E-state index in [-0.39, 0.29) is 23.8 Å². The van der Waals surface area contributed by atoms with Gasteiger partial charge in [-0.25, -0.2) is 0 Å². The van der Waals surface area contributed by atoms with Crippen LogP contribution in [0.2, 0.25) is 0 Å². The summed E-state index contributed by atoms with van der Waals surface area (Å²) in [5.74, 6) is 0.998. The van der Waals surface area contributed by atoms with E-state index < -0.39 is 0 Å². The van der Waals surface area contributed by atoms with Crippen LogP contribution in [0.5, 0.6) is 0 Å². The molecule has 0 spiro atoms. The zero-order valence-electron chi connectivity index (χ0n) is 18.1. The number of aryl methyl sites for hydroxylation is 2. The van der Waals surface area contributed by atoms with Crippen molar-refractivity contribution in [1.29, 1.82) is 0 Å². The number of furan rings is 1. The lowest BCUT2D eigenvalue weighted by molar-refractivity contribution is -0.135. The molecule has 1 fully saturated rings. The minimum Gasteiger partial charge on any atom is -0.469 e. The second kappa shape index (κ2) is 9.86. The average Bonchev–Trinajstić information content (AvgIpc) is 3.46. The van der Waals surface area contributed by atoms with Crippen molar-refractivity contribution in [1.82, 2.24) is 15.2 Å². The Balaban J connectivity index is 1.25. The van der Waals surface area contributed by atoms with Crippen molar-refractivity contribution in [3.8, 4) is 0 Å². The van der Waals surface area contributed by atoms with Gasteiger partial charge >= 0.3 is 0 Å². The fourth-order valence-corrected chi connectivity index (χ4v) is 4.40. The number of carbonyl (C=O) groups is 2. The summed E-state index contributed by atoms with van der Waals surface area (Å²) in [5, 5.41) is 4.30. The number of H-pyrrole nitrogens is 1. The van der Waals surface area contributed by atoms with E-state index in [1.54, 1.807) is 6.26 Å². The van der Waals surface area contributed by atoms with Gasteiger partial charge in [0.15, 0.2) is 0 Å². The largest absolute Gasteiger partial charge is 0.469 e. The Bertz CT molecular complexity index is 1010. The fraction of sp³-hybridized carbons (Fsp3) is 0.440. The third-order valence-electron chi connectivity index (χ3n) is 6.22. The zero-order valence-corrected chi connectivity index (χ0v) is 18.1. The van der Waals surface area contributed by atoms with E-state index in [0.717, 1.165) is 43.5 Å². The van der Waals surface area contributed by atoms with Gasteiger partial charge < -0.3 is 19.6 Å². The first-order valence-corrected chi connectivity index (χ1v) is 11.3. The SMILES string of the molecule is C[C@H](CCc1ccco1)NC(=O)[C@@H]1CCCN(C(=O)CCc2c[nH]c3ccccc23)C1. The Labute approximate surface area is 183 Å². The molecule has 1 aliphatic heterocycles. The molecule has 2 amide bonds. The first-order chi connectivity index (χ1) is 15.1. The lowest BCUT2D eigenvalue weighted by Gasteiger charge is -2.32. The number of para-hydroxylation sites is 1. The molecule has 4 rings (SSSR count). The number of carbonyl (C=O) groups excluding carboxylic acids is 2. The van der Waals surface area contributed by atoms with Crippen molar-refractivity contribution < 1.29 is 14.0 Å². The number of amides is 2. The maximum Gasteiger partial charge on any atom is 0.225 e. The normalized spacial score (nSPS) is 17.6. The minimum absolute atomic E-state index is 0.0565. The van der Waals surface area contributed by atoms with Gasteiger partial charge in [-0.2, -0.15) is 0 Å². The van der Waals surface area contributed by atoms with Crippen molar-refractivity contribution >= 4 is 22.7 Å². The van der Waals surface area contributed by atoms with Crippen LogP contribution in [-0.2, 0) is 22.4 Å². The molecule has 1 aliphatic rings. The Morgan fingerprint density at radius 1 is 1.23 bits per heavy atom. The third-order valence-corrected chi connectivity index (χ3v) is 6.22. The fourth-order valence-electron chi connectivity index (χ4n) is 4.40. The van der Waals surface area contributed by atoms with Crippen LogP contribution < -0.4 is 5.32 Å². The highest BCUT2D eigenvalue weighted by Crippen LogP contribution is 2.21. The number of nitrogens with one attached hydrogen (secondary N) is 2. The molecular formula is C25H31N3O3. The molecule has 6 heteroatoms. The smallest absolute Gasteiger partial charge is 0.225 e. The molecule has 0 saturated carbocycles. The number of fused-ring (bicyclic) bond motifs is 1. The second-order valence-electron chi connectivity index (χ2n) is 8.57. The molecule has 6 nitrogen and oxygen atoms in total. The Morgan fingerprint density at radius 2 is 2.10 bits per heavy atom. The Morgan fingerprint density at radius 3 is 2.94 bits per heavy atom. The molecule has 3 heterocycles. The van der Waals surface area contributed by atoms with Crippen LogP contribution in [0.25, 0.3) is 10.9 Å². The number of rotatable bonds is 8. The molecule has 31 heavy (non-hydrogen) atoms. The quantitative estimate of drug-likeness (QED) is 0.575. The summed E-state index contributed by atoms with van der Waals surface area (Å²) >= 11 is 0. The van der Waals surface area contributed by atoms with Gasteiger partial charge in [-0.1, -0.05) is 18.2 Å². The Hall–Kier alpha value is -3.02. The van der Waals surface area contributed by atoms with E-state index in [0.29, 0.717) is 19.4 Å². The standard InChI is InChI=1S/C25H31N3O3/c1-18(10-12-21-7-5-15-31-21)27-25(30)20-6-4-14-28(17-20)24(29)13-11-19-16-26-23-9-3-2-8-22(19)23/h2-3,5,7-9,15-16,18,20,26H,4,6,10-14,17H2,1H3,(H,27,30)/t18-,20-/m1/s1. The first-order valence-electron chi connectivity index (χ1n) is 11.3. The lowest BCUT2D eigenvalue weighted by Crippen LogP contribution is -2.47. The number of piperidine rings is 1. The summed E-state index contributed by atoms with van der Waals surface area (Å²) in [5.41, 5.74) is 2.27. The van der Waals surface area contributed by atoms with Crippen molar-refractivity contribution in [2.45, 2.75) is 51.5 Å². The molecule has 3 aromatic rings. The van der Waals surface area contributed by atoms with Crippen molar-refractivity contribution in [2.24, 2.45) is 5.92 Å². The number of hydrogen-bond acceptors (Lipinski definition) is 3. The van der Waals surface area contributed by atoms with Gasteiger partial charge in [-0.05, 0) is 56.4 Å². The molecule has 0 unspecified atom stereocenters. The summed E-state index contributed by atoms with van der Waals surface area (Å²) < 4.78 is 5.36. The van der Waals surface area contributed by atoms with Gasteiger partial charge in [-0.3, -0.25) is 9.59 Å². The van der Waals surface area contributed by atoms with Crippen LogP contribution in [0, 0.1) is 5.92 Å². The molecule has 0 bridgehead atoms. The summed E-state index contributed by atoms with van der Waals surface area (Å²) in [4.78, 5) is 30.7. The summed E-state index contributed by atoms with van der Waals surface area (Å²) in [7, 11) is 0. The maximum absolute atomic E-state index is 12.8. The number of nitrogens with zero attached hydrogens (tertiary/aromatic N) is 1. The van der Waals surface area contributed by atoms with Crippen molar-refractivity contribution in [3.63, 3.8) is 0 Å². The molecule has 2 atom stereocenters. The lowest BCUT2D eigenvalue weighted by atomic mass is 9.96. The molecule has 1 aromatic carbocycles. The number of aromatic nitrogens is 1. The number of benzene rings is 1. The average molecular weight is 422 g/mol. The molecule has 0 aliphatic carbocycles. The Kier molecular flexibility index (Phi) is 6.75. The number of hydrogen-bond donors (Lipinski definition) is 2. The van der Waals surface area contributed by atoms with E-state index in [1.807, 2.05) is 48.4 Å². The van der Waals surface area contributed by atoms with E-state index in [1.165, 1.54) is 10.9 Å². The van der Waals surface area contributed by atoms with E-state index in [4.69, 9.17) is 4.42 Å². The monoisotopic (exact) mass is 421 g/mol. The number of aromatic amines is 1. The molecule has 1 saturated heterocycles. The van der Waals surface area contributed by atoms with Crippen LogP contribution in [0.15, 0.2) is 53.3 Å². The minimum atomic E-state index is -0.128. The van der Waals surface area contributed by atoms with Crippen molar-refractivity contribution in [2.75, 3.05) is 13.1 Å². The molecule has 164 valence electrons. The summed E-state index contributed by atoms with van der Waals surface area (Å²) in [6.45, 7) is 3.28. The third kappa shape index (κ3) is 5.37. The summed E-state index contributed by atoms with van der Waals surface area (Å²) in [6.07, 6.45) is 8.19. The van der Waals surface area contributed by atoms with Gasteiger partial charge in [0.05, 0.1) is 12.2 Å². The van der Waals surface area contributed by atoms with Gasteiger partial charge in [0, 0.05) is 49.1 Å². The van der Waals surface area contributed by atoms with E-state index in [9.17, 15) is 9.59 Å². The molecule has 0 radical (unpaired) electrons. The van der Waals surface area contributed by atoms with Crippen LogP contribution in [-0.4, -0.2) is 40.8 Å². The summed E-state index contributed by atoms with van der Waals surface area (Å²) in [6, 6.07) is 12.1. The van der Waals surface area contributed by atoms with Crippen LogP contribution in [0.1, 0.15) is 43.9 Å². The zero-order chi connectivity index (χ0) is 21.6. The van der Waals surface area contributed by atoms with Gasteiger partial charge in [0.1, 0.15) is 5.76 Å². The van der Waals surface area contributed by atoms with Crippen LogP contribution in [0.3, 0.4) is 0 Å².